The summed E-state index contributed by atoms with van der Waals surface area (Å²) in [4.78, 5) is 0. The van der Waals surface area contributed by atoms with Gasteiger partial charge in [-0.3, -0.25) is 0 Å². The summed E-state index contributed by atoms with van der Waals surface area (Å²) in [6, 6.07) is 33.1. The van der Waals surface area contributed by atoms with Crippen molar-refractivity contribution in [3.63, 3.8) is 0 Å². The fourth-order valence-corrected chi connectivity index (χ4v) is 4.39. The molecule has 0 heterocycles. The van der Waals surface area contributed by atoms with Gasteiger partial charge in [-0.2, -0.15) is 0 Å². The number of ether oxygens (including phenoxy) is 2. The van der Waals surface area contributed by atoms with Gasteiger partial charge in [-0.15, -0.1) is 0 Å². The first-order chi connectivity index (χ1) is 17.1. The molecule has 4 heteroatoms. The molecule has 2 unspecified atom stereocenters. The predicted molar refractivity (Wildman–Crippen MR) is 140 cm³/mol. The van der Waals surface area contributed by atoms with Gasteiger partial charge in [0.1, 0.15) is 36.9 Å². The lowest BCUT2D eigenvalue weighted by atomic mass is 9.99. The maximum Gasteiger partial charge on any atom is 0.135 e. The molecule has 5 aromatic rings. The molecule has 0 spiro atoms. The third kappa shape index (κ3) is 4.85. The Balaban J connectivity index is 1.54. The van der Waals surface area contributed by atoms with Crippen molar-refractivity contribution < 1.29 is 19.7 Å². The first-order valence-corrected chi connectivity index (χ1v) is 11.8. The van der Waals surface area contributed by atoms with Gasteiger partial charge in [0.05, 0.1) is 0 Å². The zero-order valence-electron chi connectivity index (χ0n) is 19.6. The van der Waals surface area contributed by atoms with E-state index in [0.29, 0.717) is 11.5 Å². The Morgan fingerprint density at radius 2 is 0.971 bits per heavy atom. The van der Waals surface area contributed by atoms with E-state index in [0.717, 1.165) is 38.2 Å². The molecule has 5 rings (SSSR count). The number of rotatable bonds is 8. The van der Waals surface area contributed by atoms with Crippen LogP contribution in [0.4, 0.5) is 0 Å². The topological polar surface area (TPSA) is 58.9 Å². The van der Waals surface area contributed by atoms with Crippen LogP contribution in [0.2, 0.25) is 0 Å². The second-order valence-electron chi connectivity index (χ2n) is 8.73. The number of fused-ring (bicyclic) bond motifs is 2. The van der Waals surface area contributed by atoms with Crippen molar-refractivity contribution in [1.82, 2.24) is 0 Å². The highest BCUT2D eigenvalue weighted by Gasteiger charge is 2.19. The smallest absolute Gasteiger partial charge is 0.135 e. The van der Waals surface area contributed by atoms with Gasteiger partial charge in [0.25, 0.3) is 0 Å². The van der Waals surface area contributed by atoms with Crippen molar-refractivity contribution in [2.24, 2.45) is 0 Å². The van der Waals surface area contributed by atoms with E-state index in [2.05, 4.69) is 6.07 Å². The van der Waals surface area contributed by atoms with E-state index in [9.17, 15) is 10.2 Å². The van der Waals surface area contributed by atoms with Gasteiger partial charge in [-0.05, 0) is 24.1 Å². The first-order valence-electron chi connectivity index (χ1n) is 11.8. The molecule has 0 aliphatic rings. The molecular weight excluding hydrogens is 436 g/mol. The van der Waals surface area contributed by atoms with E-state index in [4.69, 9.17) is 9.47 Å². The van der Waals surface area contributed by atoms with Crippen LogP contribution in [0.3, 0.4) is 0 Å². The average Bonchev–Trinajstić information content (AvgIpc) is 2.91. The molecule has 2 atom stereocenters. The van der Waals surface area contributed by atoms with Crippen LogP contribution >= 0.6 is 0 Å². The first kappa shape index (κ1) is 22.9. The predicted octanol–water partition coefficient (Wildman–Crippen LogP) is 6.53. The summed E-state index contributed by atoms with van der Waals surface area (Å²) in [6.07, 6.45) is -1.49. The van der Waals surface area contributed by atoms with E-state index in [1.54, 1.807) is 0 Å². The monoisotopic (exact) mass is 464 g/mol. The van der Waals surface area contributed by atoms with Crippen LogP contribution in [0, 0.1) is 6.92 Å². The summed E-state index contributed by atoms with van der Waals surface area (Å²) in [5.41, 5.74) is 2.72. The van der Waals surface area contributed by atoms with Crippen molar-refractivity contribution >= 4 is 21.5 Å². The van der Waals surface area contributed by atoms with E-state index in [1.165, 1.54) is 0 Å². The molecule has 4 nitrogen and oxygen atoms in total. The summed E-state index contributed by atoms with van der Waals surface area (Å²) in [6.45, 7) is 2.30. The van der Waals surface area contributed by atoms with E-state index < -0.39 is 12.2 Å². The molecule has 0 fully saturated rings. The Kier molecular flexibility index (Phi) is 6.66. The van der Waals surface area contributed by atoms with Crippen molar-refractivity contribution in [3.05, 3.63) is 120 Å². The number of hydrogen-bond donors (Lipinski definition) is 2. The van der Waals surface area contributed by atoms with Gasteiger partial charge < -0.3 is 19.7 Å². The molecular formula is C31H28O4. The number of aryl methyl sites for hydroxylation is 1. The quantitative estimate of drug-likeness (QED) is 0.257. The minimum atomic E-state index is -0.744. The Bertz CT molecular complexity index is 1430. The Morgan fingerprint density at radius 1 is 0.543 bits per heavy atom. The highest BCUT2D eigenvalue weighted by Crippen LogP contribution is 2.43. The summed E-state index contributed by atoms with van der Waals surface area (Å²) in [7, 11) is 0. The second kappa shape index (κ2) is 10.2. The van der Waals surface area contributed by atoms with Crippen LogP contribution in [0.1, 0.15) is 28.9 Å². The van der Waals surface area contributed by atoms with Gasteiger partial charge in [0.15, 0.2) is 0 Å². The Morgan fingerprint density at radius 3 is 1.49 bits per heavy atom. The number of aliphatic hydroxyl groups excluding tert-OH is 2. The van der Waals surface area contributed by atoms with Crippen LogP contribution in [-0.4, -0.2) is 23.4 Å². The molecule has 0 bridgehead atoms. The second-order valence-corrected chi connectivity index (χ2v) is 8.73. The van der Waals surface area contributed by atoms with E-state index in [-0.39, 0.29) is 13.2 Å². The number of aliphatic hydroxyl groups is 2. The molecule has 0 radical (unpaired) electrons. The Labute approximate surface area is 205 Å². The standard InChI is InChI=1S/C31H28O4/c1-21-16-17-26-27(18-21)31(35-20-29(33)23-12-6-3-7-13-23)25-15-9-8-14-24(25)30(26)34-19-28(32)22-10-4-2-5-11-22/h2-18,28-29,32-33H,19-20H2,1H3. The van der Waals surface area contributed by atoms with Crippen molar-refractivity contribution in [1.29, 1.82) is 0 Å². The summed E-state index contributed by atoms with van der Waals surface area (Å²) in [5.74, 6) is 1.42. The SMILES string of the molecule is Cc1ccc2c(OCC(O)c3ccccc3)c3ccccc3c(OCC(O)c3ccccc3)c2c1. The van der Waals surface area contributed by atoms with Gasteiger partial charge in [-0.1, -0.05) is 103 Å². The van der Waals surface area contributed by atoms with Crippen LogP contribution < -0.4 is 9.47 Å². The molecule has 2 N–H and O–H groups in total. The van der Waals surface area contributed by atoms with E-state index in [1.807, 2.05) is 104 Å². The Hall–Kier alpha value is -3.86. The average molecular weight is 465 g/mol. The molecule has 5 aromatic carbocycles. The number of hydrogen-bond acceptors (Lipinski definition) is 4. The lowest BCUT2D eigenvalue weighted by molar-refractivity contribution is 0.108. The van der Waals surface area contributed by atoms with Crippen LogP contribution in [0.25, 0.3) is 21.5 Å². The summed E-state index contributed by atoms with van der Waals surface area (Å²) in [5, 5.41) is 25.0. The molecule has 35 heavy (non-hydrogen) atoms. The van der Waals surface area contributed by atoms with Gasteiger partial charge in [0.2, 0.25) is 0 Å². The maximum atomic E-state index is 10.7. The molecule has 0 saturated heterocycles. The van der Waals surface area contributed by atoms with Crippen LogP contribution in [0.5, 0.6) is 11.5 Å². The third-order valence-electron chi connectivity index (χ3n) is 6.22. The third-order valence-corrected chi connectivity index (χ3v) is 6.22. The zero-order chi connectivity index (χ0) is 24.2. The van der Waals surface area contributed by atoms with Crippen molar-refractivity contribution in [2.75, 3.05) is 13.2 Å². The molecule has 0 aliphatic carbocycles. The normalized spacial score (nSPS) is 13.0. The lowest BCUT2D eigenvalue weighted by Crippen LogP contribution is -2.11. The molecule has 0 aliphatic heterocycles. The van der Waals surface area contributed by atoms with Crippen molar-refractivity contribution in [2.45, 2.75) is 19.1 Å². The van der Waals surface area contributed by atoms with E-state index >= 15 is 0 Å². The molecule has 0 saturated carbocycles. The van der Waals surface area contributed by atoms with Gasteiger partial charge in [0, 0.05) is 21.5 Å². The fraction of sp³-hybridized carbons (Fsp3) is 0.161. The molecule has 176 valence electrons. The lowest BCUT2D eigenvalue weighted by Gasteiger charge is -2.20. The number of benzene rings is 5. The minimum absolute atomic E-state index is 0.129. The van der Waals surface area contributed by atoms with Crippen molar-refractivity contribution in [3.8, 4) is 11.5 Å². The highest BCUT2D eigenvalue weighted by atomic mass is 16.5. The zero-order valence-corrected chi connectivity index (χ0v) is 19.6. The largest absolute Gasteiger partial charge is 0.489 e. The fourth-order valence-electron chi connectivity index (χ4n) is 4.39. The summed E-state index contributed by atoms with van der Waals surface area (Å²) < 4.78 is 12.6. The molecule has 0 amide bonds. The molecule has 0 aromatic heterocycles. The highest BCUT2D eigenvalue weighted by molar-refractivity contribution is 6.11. The maximum absolute atomic E-state index is 10.7. The minimum Gasteiger partial charge on any atom is -0.489 e. The van der Waals surface area contributed by atoms with Gasteiger partial charge >= 0.3 is 0 Å². The van der Waals surface area contributed by atoms with Gasteiger partial charge in [-0.25, -0.2) is 0 Å². The van der Waals surface area contributed by atoms with Crippen LogP contribution in [0.15, 0.2) is 103 Å². The van der Waals surface area contributed by atoms with Crippen LogP contribution in [-0.2, 0) is 0 Å². The summed E-state index contributed by atoms with van der Waals surface area (Å²) >= 11 is 0.